The molecule has 0 bridgehead atoms. The molecule has 23 heavy (non-hydrogen) atoms. The molecule has 1 atom stereocenters. The Labute approximate surface area is 137 Å². The van der Waals surface area contributed by atoms with E-state index in [1.807, 2.05) is 0 Å². The average molecular weight is 338 g/mol. The minimum Gasteiger partial charge on any atom is -0.496 e. The summed E-state index contributed by atoms with van der Waals surface area (Å²) >= 11 is 6.07. The molecule has 0 fully saturated rings. The highest BCUT2D eigenvalue weighted by Gasteiger charge is 2.31. The first-order valence-electron chi connectivity index (χ1n) is 6.96. The molecule has 0 aliphatic carbocycles. The maximum absolute atomic E-state index is 11.6. The Morgan fingerprint density at radius 2 is 2.04 bits per heavy atom. The lowest BCUT2D eigenvalue weighted by Crippen LogP contribution is -2.35. The van der Waals surface area contributed by atoms with Crippen LogP contribution in [0.25, 0.3) is 0 Å². The van der Waals surface area contributed by atoms with Crippen LogP contribution in [0, 0.1) is 0 Å². The zero-order valence-electron chi connectivity index (χ0n) is 12.7. The largest absolute Gasteiger partial charge is 0.496 e. The number of aliphatic hydroxyl groups excluding tert-OH is 1. The first kappa shape index (κ1) is 15.6. The normalized spacial score (nSPS) is 16.9. The fourth-order valence-corrected chi connectivity index (χ4v) is 3.06. The number of nitrogens with zero attached hydrogens (tertiary/aromatic N) is 2. The van der Waals surface area contributed by atoms with Crippen molar-refractivity contribution >= 4 is 17.3 Å². The molecule has 0 radical (unpaired) electrons. The third-order valence-electron chi connectivity index (χ3n) is 3.91. The third-order valence-corrected chi connectivity index (χ3v) is 4.27. The van der Waals surface area contributed by atoms with Gasteiger partial charge in [0.1, 0.15) is 22.6 Å². The van der Waals surface area contributed by atoms with E-state index in [2.05, 4.69) is 10.2 Å². The minimum absolute atomic E-state index is 0.0394. The van der Waals surface area contributed by atoms with Gasteiger partial charge in [0.2, 0.25) is 0 Å². The van der Waals surface area contributed by atoms with Crippen molar-refractivity contribution in [2.45, 2.75) is 12.6 Å². The van der Waals surface area contributed by atoms with Gasteiger partial charge in [-0.05, 0) is 12.1 Å². The lowest BCUT2D eigenvalue weighted by molar-refractivity contribution is 0.169. The molecule has 2 heterocycles. The molecule has 3 rings (SSSR count). The number of β-amino-alcohol motifs (C(OH)–C–C–N with tert-alkyl or cyclic N) is 1. The van der Waals surface area contributed by atoms with Crippen LogP contribution < -0.4 is 19.9 Å². The van der Waals surface area contributed by atoms with Crippen LogP contribution in [0.1, 0.15) is 17.2 Å². The number of halogens is 1. The van der Waals surface area contributed by atoms with Crippen LogP contribution in [0.3, 0.4) is 0 Å². The molecule has 0 amide bonds. The number of benzene rings is 1. The second kappa shape index (κ2) is 6.10. The first-order chi connectivity index (χ1) is 11.1. The lowest BCUT2D eigenvalue weighted by atomic mass is 9.95. The van der Waals surface area contributed by atoms with E-state index in [4.69, 9.17) is 21.1 Å². The van der Waals surface area contributed by atoms with E-state index >= 15 is 0 Å². The molecule has 7 nitrogen and oxygen atoms in total. The van der Waals surface area contributed by atoms with E-state index in [0.29, 0.717) is 29.3 Å². The molecule has 0 saturated heterocycles. The van der Waals surface area contributed by atoms with E-state index in [-0.39, 0.29) is 11.6 Å². The molecule has 2 N–H and O–H groups in total. The topological polar surface area (TPSA) is 87.7 Å². The predicted molar refractivity (Wildman–Crippen MR) is 85.4 cm³/mol. The van der Waals surface area contributed by atoms with Gasteiger partial charge < -0.3 is 19.5 Å². The monoisotopic (exact) mass is 337 g/mol. The van der Waals surface area contributed by atoms with Gasteiger partial charge in [-0.25, -0.2) is 5.10 Å². The van der Waals surface area contributed by atoms with E-state index in [9.17, 15) is 9.90 Å². The van der Waals surface area contributed by atoms with Crippen LogP contribution in [0.5, 0.6) is 11.5 Å². The van der Waals surface area contributed by atoms with Crippen molar-refractivity contribution in [3.8, 4) is 11.5 Å². The van der Waals surface area contributed by atoms with Gasteiger partial charge in [-0.15, -0.1) is 0 Å². The third kappa shape index (κ3) is 2.62. The number of fused-ring (bicyclic) bond motifs is 1. The Hall–Kier alpha value is -2.25. The zero-order chi connectivity index (χ0) is 16.6. The molecule has 1 unspecified atom stereocenters. The lowest BCUT2D eigenvalue weighted by Gasteiger charge is -2.35. The van der Waals surface area contributed by atoms with Crippen molar-refractivity contribution < 1.29 is 14.6 Å². The quantitative estimate of drug-likeness (QED) is 0.882. The summed E-state index contributed by atoms with van der Waals surface area (Å²) in [6, 6.07) is 3.55. The van der Waals surface area contributed by atoms with E-state index < -0.39 is 11.7 Å². The molecule has 8 heteroatoms. The standard InChI is InChI=1S/C15H16ClN3O4/c1-22-11-3-4-12(23-2)13-8(11)6-19(7-10(13)20)9-5-17-18-15(21)14(9)16/h3-5,10,20H,6-7H2,1-2H3,(H,18,21). The summed E-state index contributed by atoms with van der Waals surface area (Å²) in [5.41, 5.74) is 1.48. The summed E-state index contributed by atoms with van der Waals surface area (Å²) in [5.74, 6) is 1.24. The number of H-pyrrole nitrogens is 1. The summed E-state index contributed by atoms with van der Waals surface area (Å²) in [7, 11) is 3.12. The van der Waals surface area contributed by atoms with Gasteiger partial charge in [0, 0.05) is 24.2 Å². The van der Waals surface area contributed by atoms with Crippen molar-refractivity contribution in [1.82, 2.24) is 10.2 Å². The van der Waals surface area contributed by atoms with Crippen LogP contribution in [0.4, 0.5) is 5.69 Å². The van der Waals surface area contributed by atoms with Gasteiger partial charge in [-0.1, -0.05) is 11.6 Å². The number of nitrogens with one attached hydrogen (secondary N) is 1. The Morgan fingerprint density at radius 3 is 2.74 bits per heavy atom. The summed E-state index contributed by atoms with van der Waals surface area (Å²) in [6.45, 7) is 0.680. The Balaban J connectivity index is 2.10. The first-order valence-corrected chi connectivity index (χ1v) is 7.34. The number of ether oxygens (including phenoxy) is 2. The Bertz CT molecular complexity index is 793. The maximum atomic E-state index is 11.6. The van der Waals surface area contributed by atoms with Crippen molar-refractivity contribution in [3.63, 3.8) is 0 Å². The van der Waals surface area contributed by atoms with Crippen LogP contribution in [-0.4, -0.2) is 36.1 Å². The highest BCUT2D eigenvalue weighted by molar-refractivity contribution is 6.33. The fourth-order valence-electron chi connectivity index (χ4n) is 2.85. The minimum atomic E-state index is -0.806. The smallest absolute Gasteiger partial charge is 0.285 e. The van der Waals surface area contributed by atoms with Crippen LogP contribution in [0.2, 0.25) is 5.02 Å². The zero-order valence-corrected chi connectivity index (χ0v) is 13.4. The maximum Gasteiger partial charge on any atom is 0.285 e. The number of aromatic amines is 1. The van der Waals surface area contributed by atoms with Crippen molar-refractivity contribution in [2.75, 3.05) is 25.7 Å². The fraction of sp³-hybridized carbons (Fsp3) is 0.333. The summed E-state index contributed by atoms with van der Waals surface area (Å²) in [4.78, 5) is 13.4. The Morgan fingerprint density at radius 1 is 1.35 bits per heavy atom. The molecule has 1 aromatic heterocycles. The molecule has 1 aliphatic heterocycles. The second-order valence-corrected chi connectivity index (χ2v) is 5.53. The molecule has 122 valence electrons. The summed E-state index contributed by atoms with van der Waals surface area (Å²) in [6.07, 6.45) is 0.660. The molecule has 1 aromatic carbocycles. The highest BCUT2D eigenvalue weighted by Crippen LogP contribution is 2.41. The molecule has 0 spiro atoms. The molecule has 0 saturated carbocycles. The van der Waals surface area contributed by atoms with E-state index in [0.717, 1.165) is 5.56 Å². The van der Waals surface area contributed by atoms with Gasteiger partial charge in [0.15, 0.2) is 0 Å². The number of aromatic nitrogens is 2. The summed E-state index contributed by atoms with van der Waals surface area (Å²) < 4.78 is 10.7. The predicted octanol–water partition coefficient (Wildman–Crippen LogP) is 1.49. The number of aliphatic hydroxyl groups is 1. The van der Waals surface area contributed by atoms with Crippen molar-refractivity contribution in [2.24, 2.45) is 0 Å². The Kier molecular flexibility index (Phi) is 4.14. The van der Waals surface area contributed by atoms with Gasteiger partial charge >= 0.3 is 0 Å². The van der Waals surface area contributed by atoms with Gasteiger partial charge in [0.05, 0.1) is 26.1 Å². The van der Waals surface area contributed by atoms with Gasteiger partial charge in [-0.2, -0.15) is 5.10 Å². The number of anilines is 1. The van der Waals surface area contributed by atoms with Crippen LogP contribution in [-0.2, 0) is 6.54 Å². The SMILES string of the molecule is COc1ccc(OC)c2c1CN(c1cn[nH]c(=O)c1Cl)CC2O. The van der Waals surface area contributed by atoms with Crippen molar-refractivity contribution in [3.05, 3.63) is 44.8 Å². The molecular formula is C15H16ClN3O4. The van der Waals surface area contributed by atoms with Crippen molar-refractivity contribution in [1.29, 1.82) is 0 Å². The number of methoxy groups -OCH3 is 2. The second-order valence-electron chi connectivity index (χ2n) is 5.16. The number of hydrogen-bond acceptors (Lipinski definition) is 6. The van der Waals surface area contributed by atoms with Gasteiger partial charge in [0.25, 0.3) is 5.56 Å². The van der Waals surface area contributed by atoms with Crippen LogP contribution >= 0.6 is 11.6 Å². The summed E-state index contributed by atoms with van der Waals surface area (Å²) in [5, 5.41) is 16.7. The number of rotatable bonds is 3. The van der Waals surface area contributed by atoms with E-state index in [1.54, 1.807) is 31.3 Å². The number of hydrogen-bond donors (Lipinski definition) is 2. The highest BCUT2D eigenvalue weighted by atomic mass is 35.5. The van der Waals surface area contributed by atoms with Gasteiger partial charge in [-0.3, -0.25) is 4.79 Å². The average Bonchev–Trinajstić information content (AvgIpc) is 2.56. The molecule has 1 aliphatic rings. The van der Waals surface area contributed by atoms with E-state index in [1.165, 1.54) is 6.20 Å². The van der Waals surface area contributed by atoms with Crippen LogP contribution in [0.15, 0.2) is 23.1 Å². The molecule has 2 aromatic rings. The molecular weight excluding hydrogens is 322 g/mol.